The molecule has 0 aliphatic heterocycles. The van der Waals surface area contributed by atoms with Gasteiger partial charge in [-0.05, 0) is 19.1 Å². The molecule has 1 heterocycles. The monoisotopic (exact) mass is 198 g/mol. The molecule has 0 fully saturated rings. The average molecular weight is 198 g/mol. The van der Waals surface area contributed by atoms with E-state index in [2.05, 4.69) is 11.1 Å². The van der Waals surface area contributed by atoms with Crippen molar-refractivity contribution in [3.63, 3.8) is 0 Å². The van der Waals surface area contributed by atoms with Crippen molar-refractivity contribution >= 4 is 10.9 Å². The van der Waals surface area contributed by atoms with Gasteiger partial charge in [-0.25, -0.2) is 4.98 Å². The van der Waals surface area contributed by atoms with Crippen LogP contribution in [0.2, 0.25) is 0 Å². The lowest BCUT2D eigenvalue weighted by Gasteiger charge is -2.05. The van der Waals surface area contributed by atoms with Crippen LogP contribution in [0.1, 0.15) is 12.5 Å². The summed E-state index contributed by atoms with van der Waals surface area (Å²) in [6.45, 7) is 2.39. The number of nitriles is 1. The van der Waals surface area contributed by atoms with Crippen LogP contribution >= 0.6 is 0 Å². The van der Waals surface area contributed by atoms with Gasteiger partial charge in [0.05, 0.1) is 12.1 Å². The molecule has 0 bridgehead atoms. The normalized spacial score (nSPS) is 9.87. The second kappa shape index (κ2) is 3.97. The number of para-hydroxylation sites is 1. The van der Waals surface area contributed by atoms with Crippen molar-refractivity contribution in [2.24, 2.45) is 0 Å². The highest BCUT2D eigenvalue weighted by atomic mass is 16.5. The molecule has 0 aliphatic rings. The predicted octanol–water partition coefficient (Wildman–Crippen LogP) is 2.51. The summed E-state index contributed by atoms with van der Waals surface area (Å²) in [6, 6.07) is 11.6. The molecule has 1 aromatic carbocycles. The fourth-order valence-electron chi connectivity index (χ4n) is 1.43. The molecule has 0 radical (unpaired) electrons. The van der Waals surface area contributed by atoms with Crippen molar-refractivity contribution in [1.29, 1.82) is 5.26 Å². The molecular weight excluding hydrogens is 188 g/mol. The summed E-state index contributed by atoms with van der Waals surface area (Å²) in [4.78, 5) is 4.29. The fourth-order valence-corrected chi connectivity index (χ4v) is 1.43. The van der Waals surface area contributed by atoms with E-state index < -0.39 is 0 Å². The molecule has 0 N–H and O–H groups in total. The van der Waals surface area contributed by atoms with Gasteiger partial charge in [0.25, 0.3) is 0 Å². The minimum atomic E-state index is 0.415. The highest BCUT2D eigenvalue weighted by molar-refractivity contribution is 5.80. The number of aromatic nitrogens is 1. The van der Waals surface area contributed by atoms with Crippen LogP contribution in [0.3, 0.4) is 0 Å². The first-order chi connectivity index (χ1) is 7.35. The summed E-state index contributed by atoms with van der Waals surface area (Å²) >= 11 is 0. The zero-order valence-corrected chi connectivity index (χ0v) is 8.40. The third kappa shape index (κ3) is 1.75. The van der Waals surface area contributed by atoms with E-state index in [1.807, 2.05) is 31.2 Å². The Kier molecular flexibility index (Phi) is 2.51. The van der Waals surface area contributed by atoms with E-state index in [9.17, 15) is 0 Å². The van der Waals surface area contributed by atoms with E-state index in [0.717, 1.165) is 10.9 Å². The van der Waals surface area contributed by atoms with Crippen molar-refractivity contribution in [3.05, 3.63) is 35.9 Å². The molecule has 2 aromatic rings. The number of ether oxygens (including phenoxy) is 1. The largest absolute Gasteiger partial charge is 0.477 e. The van der Waals surface area contributed by atoms with Crippen molar-refractivity contribution in [3.8, 4) is 11.9 Å². The van der Waals surface area contributed by atoms with Crippen LogP contribution < -0.4 is 4.74 Å². The van der Waals surface area contributed by atoms with Crippen LogP contribution in [0.15, 0.2) is 30.3 Å². The maximum atomic E-state index is 8.93. The summed E-state index contributed by atoms with van der Waals surface area (Å²) in [5.41, 5.74) is 1.33. The van der Waals surface area contributed by atoms with Crippen molar-refractivity contribution in [1.82, 2.24) is 4.98 Å². The number of fused-ring (bicyclic) bond motifs is 1. The summed E-state index contributed by atoms with van der Waals surface area (Å²) in [5.74, 6) is 0.415. The lowest BCUT2D eigenvalue weighted by Crippen LogP contribution is -1.97. The Labute approximate surface area is 87.9 Å². The molecule has 0 saturated carbocycles. The summed E-state index contributed by atoms with van der Waals surface area (Å²) < 4.78 is 5.30. The molecular formula is C12H10N2O. The van der Waals surface area contributed by atoms with E-state index in [1.54, 1.807) is 6.07 Å². The molecule has 3 nitrogen and oxygen atoms in total. The Hall–Kier alpha value is -2.08. The summed E-state index contributed by atoms with van der Waals surface area (Å²) in [5, 5.41) is 9.89. The first-order valence-electron chi connectivity index (χ1n) is 4.78. The lowest BCUT2D eigenvalue weighted by atomic mass is 10.1. The number of hydrogen-bond acceptors (Lipinski definition) is 3. The Morgan fingerprint density at radius 3 is 2.93 bits per heavy atom. The quantitative estimate of drug-likeness (QED) is 0.744. The van der Waals surface area contributed by atoms with E-state index in [1.165, 1.54) is 0 Å². The second-order valence-corrected chi connectivity index (χ2v) is 3.08. The maximum Gasteiger partial charge on any atom is 0.232 e. The minimum absolute atomic E-state index is 0.415. The molecule has 0 aliphatic carbocycles. The topological polar surface area (TPSA) is 45.9 Å². The van der Waals surface area contributed by atoms with Crippen LogP contribution in [0.4, 0.5) is 0 Å². The number of nitrogens with zero attached hydrogens (tertiary/aromatic N) is 2. The standard InChI is InChI=1S/C12H10N2O/c1-2-15-12-10(8-13)7-9-5-3-4-6-11(9)14-12/h3-7H,2H2,1H3. The number of pyridine rings is 1. The molecule has 1 aromatic heterocycles. The van der Waals surface area contributed by atoms with Crippen molar-refractivity contribution in [2.75, 3.05) is 6.61 Å². The van der Waals surface area contributed by atoms with Gasteiger partial charge in [0.15, 0.2) is 0 Å². The number of rotatable bonds is 2. The highest BCUT2D eigenvalue weighted by Gasteiger charge is 2.06. The van der Waals surface area contributed by atoms with Gasteiger partial charge in [0.1, 0.15) is 11.6 Å². The average Bonchev–Trinajstić information content (AvgIpc) is 2.28. The van der Waals surface area contributed by atoms with Crippen LogP contribution in [0, 0.1) is 11.3 Å². The first kappa shape index (κ1) is 9.47. The van der Waals surface area contributed by atoms with E-state index in [0.29, 0.717) is 18.1 Å². The number of hydrogen-bond donors (Lipinski definition) is 0. The van der Waals surface area contributed by atoms with Gasteiger partial charge in [-0.3, -0.25) is 0 Å². The van der Waals surface area contributed by atoms with Crippen LogP contribution in [0.5, 0.6) is 5.88 Å². The third-order valence-electron chi connectivity index (χ3n) is 2.09. The molecule has 0 amide bonds. The van der Waals surface area contributed by atoms with Gasteiger partial charge < -0.3 is 4.74 Å². The molecule has 0 saturated heterocycles. The maximum absolute atomic E-state index is 8.93. The molecule has 2 rings (SSSR count). The zero-order valence-electron chi connectivity index (χ0n) is 8.40. The Morgan fingerprint density at radius 2 is 2.20 bits per heavy atom. The molecule has 74 valence electrons. The molecule has 15 heavy (non-hydrogen) atoms. The SMILES string of the molecule is CCOc1nc2ccccc2cc1C#N. The second-order valence-electron chi connectivity index (χ2n) is 3.08. The highest BCUT2D eigenvalue weighted by Crippen LogP contribution is 2.21. The van der Waals surface area contributed by atoms with E-state index >= 15 is 0 Å². The van der Waals surface area contributed by atoms with Crippen molar-refractivity contribution < 1.29 is 4.74 Å². The van der Waals surface area contributed by atoms with Crippen LogP contribution in [0.25, 0.3) is 10.9 Å². The van der Waals surface area contributed by atoms with E-state index in [4.69, 9.17) is 10.00 Å². The minimum Gasteiger partial charge on any atom is -0.477 e. The molecule has 0 atom stereocenters. The van der Waals surface area contributed by atoms with Crippen LogP contribution in [-0.4, -0.2) is 11.6 Å². The fraction of sp³-hybridized carbons (Fsp3) is 0.167. The van der Waals surface area contributed by atoms with Crippen LogP contribution in [-0.2, 0) is 0 Å². The van der Waals surface area contributed by atoms with Gasteiger partial charge in [-0.2, -0.15) is 5.26 Å². The predicted molar refractivity (Wildman–Crippen MR) is 57.6 cm³/mol. The molecule has 0 spiro atoms. The van der Waals surface area contributed by atoms with Gasteiger partial charge >= 0.3 is 0 Å². The Bertz CT molecular complexity index is 529. The zero-order chi connectivity index (χ0) is 10.7. The van der Waals surface area contributed by atoms with Gasteiger partial charge in [0.2, 0.25) is 5.88 Å². The summed E-state index contributed by atoms with van der Waals surface area (Å²) in [6.07, 6.45) is 0. The Balaban J connectivity index is 2.65. The molecule has 3 heteroatoms. The van der Waals surface area contributed by atoms with Crippen molar-refractivity contribution in [2.45, 2.75) is 6.92 Å². The van der Waals surface area contributed by atoms with Gasteiger partial charge in [-0.1, -0.05) is 18.2 Å². The summed E-state index contributed by atoms with van der Waals surface area (Å²) in [7, 11) is 0. The Morgan fingerprint density at radius 1 is 1.40 bits per heavy atom. The van der Waals surface area contributed by atoms with Gasteiger partial charge in [-0.15, -0.1) is 0 Å². The molecule has 0 unspecified atom stereocenters. The third-order valence-corrected chi connectivity index (χ3v) is 2.09. The van der Waals surface area contributed by atoms with E-state index in [-0.39, 0.29) is 0 Å². The number of benzene rings is 1. The lowest BCUT2D eigenvalue weighted by molar-refractivity contribution is 0.327. The van der Waals surface area contributed by atoms with Gasteiger partial charge in [0, 0.05) is 5.39 Å². The first-order valence-corrected chi connectivity index (χ1v) is 4.78. The smallest absolute Gasteiger partial charge is 0.232 e.